The maximum absolute atomic E-state index is 12.4. The molecule has 2 aromatic rings. The minimum Gasteiger partial charge on any atom is -0.483 e. The number of amides is 2. The van der Waals surface area contributed by atoms with Crippen molar-refractivity contribution in [1.82, 2.24) is 0 Å². The van der Waals surface area contributed by atoms with E-state index in [0.717, 1.165) is 34.1 Å². The molecule has 3 rings (SSSR count). The van der Waals surface area contributed by atoms with E-state index in [1.807, 2.05) is 43.3 Å². The minimum absolute atomic E-state index is 0.0476. The third-order valence-electron chi connectivity index (χ3n) is 4.77. The van der Waals surface area contributed by atoms with E-state index in [9.17, 15) is 9.59 Å². The van der Waals surface area contributed by atoms with Gasteiger partial charge in [-0.25, -0.2) is 0 Å². The fourth-order valence-electron chi connectivity index (χ4n) is 2.92. The summed E-state index contributed by atoms with van der Waals surface area (Å²) < 4.78 is 6.74. The van der Waals surface area contributed by atoms with Gasteiger partial charge in [-0.2, -0.15) is 0 Å². The predicted molar refractivity (Wildman–Crippen MR) is 115 cm³/mol. The molecule has 2 N–H and O–H groups in total. The Kier molecular flexibility index (Phi) is 6.39. The lowest BCUT2D eigenvalue weighted by atomic mass is 10.0. The second kappa shape index (κ2) is 8.78. The van der Waals surface area contributed by atoms with Gasteiger partial charge in [0.2, 0.25) is 5.91 Å². The third kappa shape index (κ3) is 5.13. The summed E-state index contributed by atoms with van der Waals surface area (Å²) in [6.07, 6.45) is 1.90. The lowest BCUT2D eigenvalue weighted by Crippen LogP contribution is -2.21. The van der Waals surface area contributed by atoms with Crippen LogP contribution in [0.1, 0.15) is 43.7 Å². The number of hydrogen-bond acceptors (Lipinski definition) is 3. The summed E-state index contributed by atoms with van der Waals surface area (Å²) in [6.45, 7) is 5.96. The number of benzene rings is 2. The molecule has 1 aliphatic carbocycles. The lowest BCUT2D eigenvalue weighted by molar-refractivity contribution is -0.118. The van der Waals surface area contributed by atoms with Crippen molar-refractivity contribution < 1.29 is 14.3 Å². The zero-order valence-corrected chi connectivity index (χ0v) is 17.9. The molecule has 0 atom stereocenters. The summed E-state index contributed by atoms with van der Waals surface area (Å²) in [6, 6.07) is 11.3. The standard InChI is InChI=1S/C22H25BrN2O3/c1-13(2)17-11-16(23)9-10-20(17)28-12-21(26)24-18-5-4-6-19(14(18)3)25-22(27)15-7-8-15/h4-6,9-11,13,15H,7-8,12H2,1-3H3,(H,24,26)(H,25,27). The second-order valence-electron chi connectivity index (χ2n) is 7.42. The maximum atomic E-state index is 12.4. The van der Waals surface area contributed by atoms with Crippen molar-refractivity contribution >= 4 is 39.1 Å². The average Bonchev–Trinajstić information content (AvgIpc) is 3.49. The molecule has 2 amide bonds. The van der Waals surface area contributed by atoms with Gasteiger partial charge in [-0.3, -0.25) is 9.59 Å². The molecule has 1 fully saturated rings. The van der Waals surface area contributed by atoms with Crippen LogP contribution in [-0.2, 0) is 9.59 Å². The second-order valence-corrected chi connectivity index (χ2v) is 8.33. The van der Waals surface area contributed by atoms with E-state index in [2.05, 4.69) is 40.4 Å². The van der Waals surface area contributed by atoms with Crippen LogP contribution in [0.3, 0.4) is 0 Å². The summed E-state index contributed by atoms with van der Waals surface area (Å²) in [5, 5.41) is 5.82. The van der Waals surface area contributed by atoms with Gasteiger partial charge in [-0.05, 0) is 67.1 Å². The van der Waals surface area contributed by atoms with Crippen LogP contribution in [-0.4, -0.2) is 18.4 Å². The van der Waals surface area contributed by atoms with Crippen LogP contribution in [0.5, 0.6) is 5.75 Å². The molecule has 0 spiro atoms. The van der Waals surface area contributed by atoms with Crippen molar-refractivity contribution in [2.45, 2.75) is 39.5 Å². The zero-order valence-electron chi connectivity index (χ0n) is 16.3. The van der Waals surface area contributed by atoms with Crippen LogP contribution >= 0.6 is 15.9 Å². The molecule has 0 heterocycles. The topological polar surface area (TPSA) is 67.4 Å². The monoisotopic (exact) mass is 444 g/mol. The van der Waals surface area contributed by atoms with E-state index < -0.39 is 0 Å². The highest BCUT2D eigenvalue weighted by atomic mass is 79.9. The molecule has 1 saturated carbocycles. The van der Waals surface area contributed by atoms with E-state index in [-0.39, 0.29) is 30.3 Å². The highest BCUT2D eigenvalue weighted by molar-refractivity contribution is 9.10. The molecule has 148 valence electrons. The molecule has 0 aliphatic heterocycles. The van der Waals surface area contributed by atoms with Gasteiger partial charge in [0.05, 0.1) is 0 Å². The first-order chi connectivity index (χ1) is 13.3. The fourth-order valence-corrected chi connectivity index (χ4v) is 3.30. The molecule has 2 aromatic carbocycles. The summed E-state index contributed by atoms with van der Waals surface area (Å²) in [5.41, 5.74) is 3.27. The Hall–Kier alpha value is -2.34. The third-order valence-corrected chi connectivity index (χ3v) is 5.26. The molecular weight excluding hydrogens is 420 g/mol. The van der Waals surface area contributed by atoms with Crippen molar-refractivity contribution in [1.29, 1.82) is 0 Å². The van der Waals surface area contributed by atoms with E-state index >= 15 is 0 Å². The smallest absolute Gasteiger partial charge is 0.262 e. The summed E-state index contributed by atoms with van der Waals surface area (Å²) in [4.78, 5) is 24.4. The lowest BCUT2D eigenvalue weighted by Gasteiger charge is -2.16. The molecule has 6 heteroatoms. The molecule has 0 bridgehead atoms. The van der Waals surface area contributed by atoms with Crippen LogP contribution in [0.15, 0.2) is 40.9 Å². The largest absolute Gasteiger partial charge is 0.483 e. The zero-order chi connectivity index (χ0) is 20.3. The molecule has 28 heavy (non-hydrogen) atoms. The van der Waals surface area contributed by atoms with E-state index in [4.69, 9.17) is 4.74 Å². The first kappa shape index (κ1) is 20.4. The SMILES string of the molecule is Cc1c(NC(=O)COc2ccc(Br)cc2C(C)C)cccc1NC(=O)C1CC1. The van der Waals surface area contributed by atoms with Gasteiger partial charge in [0, 0.05) is 21.8 Å². The van der Waals surface area contributed by atoms with Gasteiger partial charge in [0.15, 0.2) is 6.61 Å². The number of ether oxygens (including phenoxy) is 1. The molecule has 0 saturated heterocycles. The molecule has 1 aliphatic rings. The minimum atomic E-state index is -0.244. The fraction of sp³-hybridized carbons (Fsp3) is 0.364. The van der Waals surface area contributed by atoms with Crippen molar-refractivity contribution in [2.24, 2.45) is 5.92 Å². The Morgan fingerprint density at radius 1 is 1.14 bits per heavy atom. The van der Waals surface area contributed by atoms with Gasteiger partial charge >= 0.3 is 0 Å². The highest BCUT2D eigenvalue weighted by Crippen LogP contribution is 2.32. The first-order valence-corrected chi connectivity index (χ1v) is 10.3. The Labute approximate surface area is 174 Å². The number of rotatable bonds is 7. The maximum Gasteiger partial charge on any atom is 0.262 e. The molecule has 5 nitrogen and oxygen atoms in total. The van der Waals surface area contributed by atoms with Crippen molar-refractivity contribution in [3.05, 3.63) is 52.0 Å². The normalized spacial score (nSPS) is 13.3. The van der Waals surface area contributed by atoms with Crippen molar-refractivity contribution in [2.75, 3.05) is 17.2 Å². The van der Waals surface area contributed by atoms with Crippen LogP contribution in [0.25, 0.3) is 0 Å². The number of hydrogen-bond donors (Lipinski definition) is 2. The molecular formula is C22H25BrN2O3. The Morgan fingerprint density at radius 2 is 1.82 bits per heavy atom. The number of carbonyl (C=O) groups is 2. The summed E-state index contributed by atoms with van der Waals surface area (Å²) >= 11 is 3.47. The quantitative estimate of drug-likeness (QED) is 0.612. The van der Waals surface area contributed by atoms with Gasteiger partial charge < -0.3 is 15.4 Å². The number of carbonyl (C=O) groups excluding carboxylic acids is 2. The van der Waals surface area contributed by atoms with Crippen LogP contribution < -0.4 is 15.4 Å². The Balaban J connectivity index is 1.63. The van der Waals surface area contributed by atoms with Gasteiger partial charge in [0.25, 0.3) is 5.91 Å². The predicted octanol–water partition coefficient (Wildman–Crippen LogP) is 5.25. The van der Waals surface area contributed by atoms with E-state index in [0.29, 0.717) is 11.4 Å². The Morgan fingerprint density at radius 3 is 2.46 bits per heavy atom. The average molecular weight is 445 g/mol. The van der Waals surface area contributed by atoms with Crippen LogP contribution in [0.4, 0.5) is 11.4 Å². The first-order valence-electron chi connectivity index (χ1n) is 9.47. The molecule has 0 radical (unpaired) electrons. The summed E-state index contributed by atoms with van der Waals surface area (Å²) in [5.74, 6) is 0.921. The summed E-state index contributed by atoms with van der Waals surface area (Å²) in [7, 11) is 0. The highest BCUT2D eigenvalue weighted by Gasteiger charge is 2.29. The number of anilines is 2. The number of halogens is 1. The molecule has 0 unspecified atom stereocenters. The van der Waals surface area contributed by atoms with Crippen molar-refractivity contribution in [3.63, 3.8) is 0 Å². The molecule has 0 aromatic heterocycles. The van der Waals surface area contributed by atoms with Crippen LogP contribution in [0, 0.1) is 12.8 Å². The van der Waals surface area contributed by atoms with Gasteiger partial charge in [0.1, 0.15) is 5.75 Å². The van der Waals surface area contributed by atoms with Gasteiger partial charge in [-0.15, -0.1) is 0 Å². The Bertz CT molecular complexity index is 891. The van der Waals surface area contributed by atoms with Crippen LogP contribution in [0.2, 0.25) is 0 Å². The van der Waals surface area contributed by atoms with E-state index in [1.54, 1.807) is 0 Å². The van der Waals surface area contributed by atoms with Crippen molar-refractivity contribution in [3.8, 4) is 5.75 Å². The van der Waals surface area contributed by atoms with E-state index in [1.165, 1.54) is 0 Å². The number of nitrogens with one attached hydrogen (secondary N) is 2. The van der Waals surface area contributed by atoms with Gasteiger partial charge in [-0.1, -0.05) is 35.8 Å².